The lowest BCUT2D eigenvalue weighted by molar-refractivity contribution is -0.137. The highest BCUT2D eigenvalue weighted by atomic mass is 19.4. The van der Waals surface area contributed by atoms with Crippen molar-refractivity contribution in [3.63, 3.8) is 0 Å². The molecular weight excluding hydrogens is 319 g/mol. The third-order valence-corrected chi connectivity index (χ3v) is 3.55. The van der Waals surface area contributed by atoms with Crippen molar-refractivity contribution >= 4 is 28.6 Å². The predicted molar refractivity (Wildman–Crippen MR) is 84.6 cm³/mol. The van der Waals surface area contributed by atoms with Crippen LogP contribution in [0.1, 0.15) is 16.7 Å². The van der Waals surface area contributed by atoms with Gasteiger partial charge in [-0.3, -0.25) is 4.79 Å². The second kappa shape index (κ2) is 5.84. The second-order valence-corrected chi connectivity index (χ2v) is 5.14. The molecule has 0 atom stereocenters. The van der Waals surface area contributed by atoms with Crippen molar-refractivity contribution in [2.24, 2.45) is 5.73 Å². The van der Waals surface area contributed by atoms with Crippen LogP contribution in [0.4, 0.5) is 13.2 Å². The summed E-state index contributed by atoms with van der Waals surface area (Å²) in [4.78, 5) is 18.8. The maximum atomic E-state index is 12.9. The number of nitrogens with zero attached hydrogens (tertiary/aromatic N) is 1. The van der Waals surface area contributed by atoms with Gasteiger partial charge in [-0.15, -0.1) is 0 Å². The maximum Gasteiger partial charge on any atom is 0.416 e. The molecule has 122 valence electrons. The van der Waals surface area contributed by atoms with E-state index in [1.165, 1.54) is 18.2 Å². The molecule has 3 aromatic rings. The van der Waals surface area contributed by atoms with Gasteiger partial charge in [0, 0.05) is 28.9 Å². The van der Waals surface area contributed by atoms with Crippen LogP contribution in [0.3, 0.4) is 0 Å². The van der Waals surface area contributed by atoms with Gasteiger partial charge in [0.05, 0.1) is 5.56 Å². The lowest BCUT2D eigenvalue weighted by Gasteiger charge is -2.09. The summed E-state index contributed by atoms with van der Waals surface area (Å²) in [6.07, 6.45) is 0.185. The highest BCUT2D eigenvalue weighted by Crippen LogP contribution is 2.31. The molecule has 2 heterocycles. The Morgan fingerprint density at radius 3 is 2.71 bits per heavy atom. The number of amides is 1. The average Bonchev–Trinajstić information content (AvgIpc) is 2.95. The zero-order chi connectivity index (χ0) is 17.3. The quantitative estimate of drug-likeness (QED) is 0.720. The van der Waals surface area contributed by atoms with Crippen LogP contribution >= 0.6 is 0 Å². The largest absolute Gasteiger partial charge is 0.416 e. The number of nitrogens with one attached hydrogen (secondary N) is 1. The molecule has 0 aliphatic carbocycles. The van der Waals surface area contributed by atoms with Crippen LogP contribution in [0.5, 0.6) is 0 Å². The van der Waals surface area contributed by atoms with Gasteiger partial charge in [0.2, 0.25) is 5.91 Å². The summed E-state index contributed by atoms with van der Waals surface area (Å²) in [5.41, 5.74) is 5.86. The molecule has 0 bridgehead atoms. The summed E-state index contributed by atoms with van der Waals surface area (Å²) in [5.74, 6) is -0.812. The molecular formula is C17H12F3N3O. The number of H-pyrrole nitrogens is 1. The van der Waals surface area contributed by atoms with Gasteiger partial charge in [-0.05, 0) is 35.9 Å². The van der Waals surface area contributed by atoms with Gasteiger partial charge in [0.25, 0.3) is 0 Å². The maximum absolute atomic E-state index is 12.9. The van der Waals surface area contributed by atoms with Crippen molar-refractivity contribution in [2.45, 2.75) is 6.18 Å². The third kappa shape index (κ3) is 3.01. The van der Waals surface area contributed by atoms with Gasteiger partial charge in [-0.2, -0.15) is 13.2 Å². The highest BCUT2D eigenvalue weighted by Gasteiger charge is 2.30. The van der Waals surface area contributed by atoms with Gasteiger partial charge in [-0.25, -0.2) is 4.98 Å². The normalized spacial score (nSPS) is 12.5. The lowest BCUT2D eigenvalue weighted by atomic mass is 10.00. The van der Waals surface area contributed by atoms with Gasteiger partial charge < -0.3 is 10.7 Å². The fraction of sp³-hybridized carbons (Fsp3) is 0.0588. The number of carbonyl (C=O) groups is 1. The molecule has 0 radical (unpaired) electrons. The smallest absolute Gasteiger partial charge is 0.366 e. The number of alkyl halides is 3. The molecule has 0 fully saturated rings. The average molecular weight is 331 g/mol. The molecule has 4 nitrogen and oxygen atoms in total. The molecule has 3 N–H and O–H groups in total. The van der Waals surface area contributed by atoms with Gasteiger partial charge in [0.15, 0.2) is 0 Å². The highest BCUT2D eigenvalue weighted by molar-refractivity contribution is 6.24. The number of carbonyl (C=O) groups excluding carboxylic acids is 1. The third-order valence-electron chi connectivity index (χ3n) is 3.55. The summed E-state index contributed by atoms with van der Waals surface area (Å²) in [6, 6.07) is 8.02. The van der Waals surface area contributed by atoms with Crippen molar-refractivity contribution in [1.29, 1.82) is 0 Å². The van der Waals surface area contributed by atoms with E-state index in [1.54, 1.807) is 24.5 Å². The Morgan fingerprint density at radius 2 is 2.00 bits per heavy atom. The van der Waals surface area contributed by atoms with E-state index in [0.717, 1.165) is 17.5 Å². The molecule has 2 aromatic heterocycles. The Hall–Kier alpha value is -3.09. The van der Waals surface area contributed by atoms with E-state index in [-0.39, 0.29) is 11.1 Å². The van der Waals surface area contributed by atoms with Gasteiger partial charge in [-0.1, -0.05) is 12.1 Å². The van der Waals surface area contributed by atoms with Crippen molar-refractivity contribution in [1.82, 2.24) is 9.97 Å². The fourth-order valence-corrected chi connectivity index (χ4v) is 2.41. The lowest BCUT2D eigenvalue weighted by Crippen LogP contribution is -2.14. The van der Waals surface area contributed by atoms with Crippen LogP contribution in [0.2, 0.25) is 0 Å². The number of benzene rings is 1. The molecule has 7 heteroatoms. The van der Waals surface area contributed by atoms with Crippen molar-refractivity contribution in [3.8, 4) is 0 Å². The standard InChI is InChI=1S/C17H12F3N3O/c18-17(19,20)12-4-1-3-10(7-12)14(15(21)24)8-11-9-23-16-13(11)5-2-6-22-16/h1-9H,(H2,21,24)(H,22,23). The molecule has 0 aliphatic rings. The van der Waals surface area contributed by atoms with E-state index >= 15 is 0 Å². The number of halogens is 3. The van der Waals surface area contributed by atoms with E-state index in [9.17, 15) is 18.0 Å². The van der Waals surface area contributed by atoms with Crippen LogP contribution in [-0.2, 0) is 11.0 Å². The fourth-order valence-electron chi connectivity index (χ4n) is 2.41. The summed E-state index contributed by atoms with van der Waals surface area (Å²) >= 11 is 0. The number of aromatic amines is 1. The first-order valence-corrected chi connectivity index (χ1v) is 6.97. The number of fused-ring (bicyclic) bond motifs is 1. The van der Waals surface area contributed by atoms with E-state index in [0.29, 0.717) is 11.2 Å². The summed E-state index contributed by atoms with van der Waals surface area (Å²) in [6.45, 7) is 0. The molecule has 24 heavy (non-hydrogen) atoms. The Balaban J connectivity index is 2.13. The predicted octanol–water partition coefficient (Wildman–Crippen LogP) is 3.61. The minimum atomic E-state index is -4.50. The number of pyridine rings is 1. The first kappa shape index (κ1) is 15.8. The molecule has 0 unspecified atom stereocenters. The molecule has 3 rings (SSSR count). The first-order valence-electron chi connectivity index (χ1n) is 6.97. The molecule has 0 aliphatic heterocycles. The van der Waals surface area contributed by atoms with E-state index in [4.69, 9.17) is 5.73 Å². The van der Waals surface area contributed by atoms with E-state index in [1.807, 2.05) is 0 Å². The van der Waals surface area contributed by atoms with Crippen LogP contribution in [0.15, 0.2) is 48.8 Å². The Kier molecular flexibility index (Phi) is 3.84. The monoisotopic (exact) mass is 331 g/mol. The SMILES string of the molecule is NC(=O)C(=Cc1c[nH]c2ncccc12)c1cccc(C(F)(F)F)c1. The van der Waals surface area contributed by atoms with Crippen LogP contribution in [0, 0.1) is 0 Å². The van der Waals surface area contributed by atoms with Crippen molar-refractivity contribution in [2.75, 3.05) is 0 Å². The number of primary amides is 1. The van der Waals surface area contributed by atoms with Crippen molar-refractivity contribution in [3.05, 3.63) is 65.5 Å². The summed E-state index contributed by atoms with van der Waals surface area (Å²) in [7, 11) is 0. The summed E-state index contributed by atoms with van der Waals surface area (Å²) < 4.78 is 38.6. The number of hydrogen-bond acceptors (Lipinski definition) is 2. The number of aromatic nitrogens is 2. The minimum Gasteiger partial charge on any atom is -0.366 e. The van der Waals surface area contributed by atoms with Crippen LogP contribution in [0.25, 0.3) is 22.7 Å². The molecule has 0 spiro atoms. The Morgan fingerprint density at radius 1 is 1.21 bits per heavy atom. The van der Waals surface area contributed by atoms with E-state index in [2.05, 4.69) is 9.97 Å². The minimum absolute atomic E-state index is 0.00847. The number of nitrogens with two attached hydrogens (primary N) is 1. The van der Waals surface area contributed by atoms with Crippen LogP contribution in [-0.4, -0.2) is 15.9 Å². The van der Waals surface area contributed by atoms with Crippen molar-refractivity contribution < 1.29 is 18.0 Å². The van der Waals surface area contributed by atoms with Crippen LogP contribution < -0.4 is 5.73 Å². The number of hydrogen-bond donors (Lipinski definition) is 2. The zero-order valence-corrected chi connectivity index (χ0v) is 12.3. The summed E-state index contributed by atoms with van der Waals surface area (Å²) in [5, 5.41) is 0.739. The van der Waals surface area contributed by atoms with Gasteiger partial charge >= 0.3 is 6.18 Å². The number of rotatable bonds is 3. The Bertz CT molecular complexity index is 941. The first-order chi connectivity index (χ1) is 11.4. The molecule has 1 amide bonds. The second-order valence-electron chi connectivity index (χ2n) is 5.14. The topological polar surface area (TPSA) is 71.8 Å². The van der Waals surface area contributed by atoms with Gasteiger partial charge in [0.1, 0.15) is 5.65 Å². The molecule has 0 saturated heterocycles. The Labute approximate surface area is 134 Å². The molecule has 0 saturated carbocycles. The molecule has 1 aromatic carbocycles. The zero-order valence-electron chi connectivity index (χ0n) is 12.3. The van der Waals surface area contributed by atoms with E-state index < -0.39 is 17.6 Å².